The van der Waals surface area contributed by atoms with E-state index in [2.05, 4.69) is 14.8 Å². The van der Waals surface area contributed by atoms with Crippen molar-refractivity contribution in [1.29, 1.82) is 0 Å². The smallest absolute Gasteiger partial charge is 0.497 e. The van der Waals surface area contributed by atoms with Crippen molar-refractivity contribution < 1.29 is 35.9 Å². The van der Waals surface area contributed by atoms with Crippen LogP contribution in [0.15, 0.2) is 53.4 Å². The van der Waals surface area contributed by atoms with Crippen LogP contribution in [0.3, 0.4) is 0 Å². The quantitative estimate of drug-likeness (QED) is 0.740. The lowest BCUT2D eigenvalue weighted by Crippen LogP contribution is -2.32. The molecular weight excluding hydrogens is 389 g/mol. The Balaban J connectivity index is 1.94. The predicted octanol–water partition coefficient (Wildman–Crippen LogP) is 2.51. The van der Waals surface area contributed by atoms with Gasteiger partial charge in [0.15, 0.2) is 0 Å². The molecule has 0 unspecified atom stereocenters. The highest BCUT2D eigenvalue weighted by Gasteiger charge is 2.31. The summed E-state index contributed by atoms with van der Waals surface area (Å²) < 4.78 is 71.2. The van der Waals surface area contributed by atoms with E-state index in [0.717, 1.165) is 24.3 Å². The normalized spacial score (nSPS) is 11.7. The number of benzene rings is 2. The second kappa shape index (κ2) is 8.27. The molecule has 0 radical (unpaired) electrons. The van der Waals surface area contributed by atoms with E-state index in [4.69, 9.17) is 4.74 Å². The molecule has 7 nitrogen and oxygen atoms in total. The lowest BCUT2D eigenvalue weighted by atomic mass is 10.3. The fraction of sp³-hybridized carbons (Fsp3) is 0.188. The average Bonchev–Trinajstić information content (AvgIpc) is 2.60. The van der Waals surface area contributed by atoms with E-state index in [-0.39, 0.29) is 4.90 Å². The van der Waals surface area contributed by atoms with Crippen molar-refractivity contribution in [3.05, 3.63) is 48.5 Å². The molecule has 1 amide bonds. The van der Waals surface area contributed by atoms with Crippen LogP contribution in [0.5, 0.6) is 11.5 Å². The molecule has 0 aliphatic rings. The minimum Gasteiger partial charge on any atom is -0.497 e. The standard InChI is InChI=1S/C16H15F3N2O5S/c1-25-12-4-2-11(3-5-12)21-15(22)10-20-27(23,24)14-8-6-13(7-9-14)26-16(17,18)19/h2-9,20H,10H2,1H3,(H,21,22). The molecular formula is C16H15F3N2O5S. The van der Waals surface area contributed by atoms with Crippen molar-refractivity contribution in [2.75, 3.05) is 19.0 Å². The van der Waals surface area contributed by atoms with E-state index in [0.29, 0.717) is 11.4 Å². The molecule has 0 aromatic heterocycles. The van der Waals surface area contributed by atoms with Gasteiger partial charge in [0.25, 0.3) is 0 Å². The Hall–Kier alpha value is -2.79. The maximum absolute atomic E-state index is 12.1. The summed E-state index contributed by atoms with van der Waals surface area (Å²) in [5.41, 5.74) is 0.439. The number of hydrogen-bond acceptors (Lipinski definition) is 5. The Morgan fingerprint density at radius 2 is 1.56 bits per heavy atom. The molecule has 0 saturated carbocycles. The third kappa shape index (κ3) is 6.46. The average molecular weight is 404 g/mol. The highest BCUT2D eigenvalue weighted by atomic mass is 32.2. The second-order valence-corrected chi connectivity index (χ2v) is 6.89. The lowest BCUT2D eigenvalue weighted by Gasteiger charge is -2.10. The van der Waals surface area contributed by atoms with E-state index in [1.54, 1.807) is 24.3 Å². The first-order valence-electron chi connectivity index (χ1n) is 7.38. The molecule has 0 aliphatic heterocycles. The fourth-order valence-electron chi connectivity index (χ4n) is 1.94. The largest absolute Gasteiger partial charge is 0.573 e. The number of alkyl halides is 3. The molecule has 0 saturated heterocycles. The van der Waals surface area contributed by atoms with Crippen LogP contribution in [-0.4, -0.2) is 34.3 Å². The summed E-state index contributed by atoms with van der Waals surface area (Å²) >= 11 is 0. The molecule has 0 heterocycles. The summed E-state index contributed by atoms with van der Waals surface area (Å²) in [5, 5.41) is 2.49. The lowest BCUT2D eigenvalue weighted by molar-refractivity contribution is -0.274. The Bertz CT molecular complexity index is 882. The van der Waals surface area contributed by atoms with Gasteiger partial charge < -0.3 is 14.8 Å². The zero-order valence-corrected chi connectivity index (χ0v) is 14.7. The van der Waals surface area contributed by atoms with E-state index in [9.17, 15) is 26.4 Å². The van der Waals surface area contributed by atoms with Crippen molar-refractivity contribution in [2.24, 2.45) is 0 Å². The molecule has 2 rings (SSSR count). The summed E-state index contributed by atoms with van der Waals surface area (Å²) in [6.45, 7) is -0.560. The first-order chi connectivity index (χ1) is 12.6. The Labute approximate surface area is 153 Å². The van der Waals surface area contributed by atoms with Gasteiger partial charge in [0, 0.05) is 5.69 Å². The summed E-state index contributed by atoms with van der Waals surface area (Å²) in [6.07, 6.45) is -4.88. The number of methoxy groups -OCH3 is 1. The van der Waals surface area contributed by atoms with E-state index in [1.165, 1.54) is 7.11 Å². The predicted molar refractivity (Wildman–Crippen MR) is 89.9 cm³/mol. The van der Waals surface area contributed by atoms with Gasteiger partial charge >= 0.3 is 6.36 Å². The van der Waals surface area contributed by atoms with Gasteiger partial charge in [-0.1, -0.05) is 0 Å². The number of nitrogens with one attached hydrogen (secondary N) is 2. The number of ether oxygens (including phenoxy) is 2. The van der Waals surface area contributed by atoms with Crippen LogP contribution >= 0.6 is 0 Å². The highest BCUT2D eigenvalue weighted by Crippen LogP contribution is 2.23. The van der Waals surface area contributed by atoms with Crippen molar-refractivity contribution >= 4 is 21.6 Å². The first-order valence-corrected chi connectivity index (χ1v) is 8.87. The van der Waals surface area contributed by atoms with Crippen LogP contribution in [0.2, 0.25) is 0 Å². The number of carbonyl (C=O) groups excluding carboxylic acids is 1. The van der Waals surface area contributed by atoms with Gasteiger partial charge in [0.1, 0.15) is 11.5 Å². The molecule has 2 aromatic carbocycles. The molecule has 0 aliphatic carbocycles. The minimum atomic E-state index is -4.88. The molecule has 27 heavy (non-hydrogen) atoms. The molecule has 0 spiro atoms. The number of hydrogen-bond donors (Lipinski definition) is 2. The van der Waals surface area contributed by atoms with Crippen LogP contribution in [0, 0.1) is 0 Å². The zero-order chi connectivity index (χ0) is 20.1. The van der Waals surface area contributed by atoms with Gasteiger partial charge in [-0.2, -0.15) is 0 Å². The monoisotopic (exact) mass is 404 g/mol. The highest BCUT2D eigenvalue weighted by molar-refractivity contribution is 7.89. The first kappa shape index (κ1) is 20.5. The van der Waals surface area contributed by atoms with E-state index in [1.807, 2.05) is 0 Å². The topological polar surface area (TPSA) is 93.7 Å². The molecule has 2 aromatic rings. The number of anilines is 1. The van der Waals surface area contributed by atoms with E-state index < -0.39 is 34.6 Å². The summed E-state index contributed by atoms with van der Waals surface area (Å²) in [4.78, 5) is 11.5. The molecule has 0 bridgehead atoms. The number of halogens is 3. The van der Waals surface area contributed by atoms with Crippen LogP contribution in [0.4, 0.5) is 18.9 Å². The summed E-state index contributed by atoms with van der Waals surface area (Å²) in [6, 6.07) is 9.97. The van der Waals surface area contributed by atoms with Crippen LogP contribution in [0.1, 0.15) is 0 Å². The zero-order valence-electron chi connectivity index (χ0n) is 13.9. The maximum atomic E-state index is 12.1. The summed E-state index contributed by atoms with van der Waals surface area (Å²) in [7, 11) is -2.60. The number of rotatable bonds is 7. The van der Waals surface area contributed by atoms with E-state index >= 15 is 0 Å². The van der Waals surface area contributed by atoms with Crippen LogP contribution < -0.4 is 19.5 Å². The minimum absolute atomic E-state index is 0.311. The molecule has 0 atom stereocenters. The third-order valence-corrected chi connectivity index (χ3v) is 4.58. The Morgan fingerprint density at radius 1 is 1.00 bits per heavy atom. The molecule has 11 heteroatoms. The maximum Gasteiger partial charge on any atom is 0.573 e. The van der Waals surface area contributed by atoms with Crippen molar-refractivity contribution in [2.45, 2.75) is 11.3 Å². The van der Waals surface area contributed by atoms with Gasteiger partial charge in [0.2, 0.25) is 15.9 Å². The van der Waals surface area contributed by atoms with Crippen molar-refractivity contribution in [3.8, 4) is 11.5 Å². The van der Waals surface area contributed by atoms with Gasteiger partial charge in [0.05, 0.1) is 18.6 Å². The second-order valence-electron chi connectivity index (χ2n) is 5.12. The molecule has 0 fully saturated rings. The Morgan fingerprint density at radius 3 is 2.07 bits per heavy atom. The van der Waals surface area contributed by atoms with Gasteiger partial charge in [-0.05, 0) is 48.5 Å². The summed E-state index contributed by atoms with van der Waals surface area (Å²) in [5.74, 6) is -0.592. The van der Waals surface area contributed by atoms with Gasteiger partial charge in [-0.25, -0.2) is 13.1 Å². The van der Waals surface area contributed by atoms with Gasteiger partial charge in [-0.15, -0.1) is 13.2 Å². The number of carbonyl (C=O) groups is 1. The fourth-order valence-corrected chi connectivity index (χ4v) is 2.93. The third-order valence-electron chi connectivity index (χ3n) is 3.16. The van der Waals surface area contributed by atoms with Crippen LogP contribution in [-0.2, 0) is 14.8 Å². The van der Waals surface area contributed by atoms with Crippen molar-refractivity contribution in [1.82, 2.24) is 4.72 Å². The molecule has 146 valence electrons. The molecule has 2 N–H and O–H groups in total. The number of sulfonamides is 1. The Kier molecular flexibility index (Phi) is 6.28. The number of amides is 1. The SMILES string of the molecule is COc1ccc(NC(=O)CNS(=O)(=O)c2ccc(OC(F)(F)F)cc2)cc1. The van der Waals surface area contributed by atoms with Crippen LogP contribution in [0.25, 0.3) is 0 Å². The van der Waals surface area contributed by atoms with Gasteiger partial charge in [-0.3, -0.25) is 4.79 Å². The van der Waals surface area contributed by atoms with Crippen molar-refractivity contribution in [3.63, 3.8) is 0 Å².